The Morgan fingerprint density at radius 3 is 2.50 bits per heavy atom. The average molecular weight is 216 g/mol. The lowest BCUT2D eigenvalue weighted by atomic mass is 10.3. The van der Waals surface area contributed by atoms with Gasteiger partial charge in [0, 0.05) is 13.1 Å². The zero-order valence-corrected chi connectivity index (χ0v) is 9.12. The fourth-order valence-corrected chi connectivity index (χ4v) is 1.50. The molecule has 0 amide bonds. The van der Waals surface area contributed by atoms with Crippen LogP contribution in [0.25, 0.3) is 0 Å². The van der Waals surface area contributed by atoms with Crippen LogP contribution in [0.15, 0.2) is 6.33 Å². The minimum Gasteiger partial charge on any atom is -0.391 e. The van der Waals surface area contributed by atoms with Crippen LogP contribution < -0.4 is 4.90 Å². The number of rotatable bonds is 4. The SMILES string of the molecule is CCN(CC)c1ncnc(Cl)c1CO. The summed E-state index contributed by atoms with van der Waals surface area (Å²) in [6.45, 7) is 5.58. The quantitative estimate of drug-likeness (QED) is 0.773. The van der Waals surface area contributed by atoms with Gasteiger partial charge in [0.05, 0.1) is 12.2 Å². The van der Waals surface area contributed by atoms with Crippen molar-refractivity contribution in [2.75, 3.05) is 18.0 Å². The van der Waals surface area contributed by atoms with Gasteiger partial charge in [-0.3, -0.25) is 0 Å². The van der Waals surface area contributed by atoms with Crippen LogP contribution in [0, 0.1) is 0 Å². The zero-order chi connectivity index (χ0) is 10.6. The standard InChI is InChI=1S/C9H14ClN3O/c1-3-13(4-2)9-7(5-14)8(10)11-6-12-9/h6,14H,3-5H2,1-2H3. The molecule has 0 aliphatic rings. The molecule has 0 radical (unpaired) electrons. The van der Waals surface area contributed by atoms with Crippen molar-refractivity contribution in [3.63, 3.8) is 0 Å². The van der Waals surface area contributed by atoms with Crippen LogP contribution in [0.2, 0.25) is 5.15 Å². The first-order chi connectivity index (χ1) is 6.74. The second-order valence-electron chi connectivity index (χ2n) is 2.80. The number of aliphatic hydroxyl groups excluding tert-OH is 1. The van der Waals surface area contributed by atoms with Gasteiger partial charge in [0.1, 0.15) is 17.3 Å². The Bertz CT molecular complexity index is 302. The minimum absolute atomic E-state index is 0.133. The molecule has 0 aliphatic carbocycles. The van der Waals surface area contributed by atoms with Gasteiger partial charge >= 0.3 is 0 Å². The fraction of sp³-hybridized carbons (Fsp3) is 0.556. The molecule has 78 valence electrons. The van der Waals surface area contributed by atoms with Gasteiger partial charge in [-0.15, -0.1) is 0 Å². The van der Waals surface area contributed by atoms with Crippen molar-refractivity contribution in [2.24, 2.45) is 0 Å². The second-order valence-corrected chi connectivity index (χ2v) is 3.16. The summed E-state index contributed by atoms with van der Waals surface area (Å²) in [5, 5.41) is 9.47. The third-order valence-electron chi connectivity index (χ3n) is 2.09. The maximum atomic E-state index is 9.15. The molecule has 0 aromatic carbocycles. The van der Waals surface area contributed by atoms with E-state index in [0.717, 1.165) is 18.9 Å². The average Bonchev–Trinajstić information content (AvgIpc) is 2.20. The van der Waals surface area contributed by atoms with Crippen molar-refractivity contribution in [3.05, 3.63) is 17.0 Å². The summed E-state index contributed by atoms with van der Waals surface area (Å²) in [5.74, 6) is 0.720. The Balaban J connectivity index is 3.11. The highest BCUT2D eigenvalue weighted by Gasteiger charge is 2.12. The zero-order valence-electron chi connectivity index (χ0n) is 8.37. The van der Waals surface area contributed by atoms with Gasteiger partial charge in [0.25, 0.3) is 0 Å². The van der Waals surface area contributed by atoms with E-state index in [0.29, 0.717) is 10.7 Å². The van der Waals surface area contributed by atoms with Crippen LogP contribution in [-0.4, -0.2) is 28.2 Å². The number of hydrogen-bond acceptors (Lipinski definition) is 4. The third kappa shape index (κ3) is 2.13. The lowest BCUT2D eigenvalue weighted by molar-refractivity contribution is 0.281. The summed E-state index contributed by atoms with van der Waals surface area (Å²) in [4.78, 5) is 9.98. The molecule has 4 nitrogen and oxygen atoms in total. The molecular formula is C9H14ClN3O. The number of nitrogens with zero attached hydrogens (tertiary/aromatic N) is 3. The lowest BCUT2D eigenvalue weighted by Crippen LogP contribution is -2.24. The van der Waals surface area contributed by atoms with E-state index in [-0.39, 0.29) is 6.61 Å². The summed E-state index contributed by atoms with van der Waals surface area (Å²) >= 11 is 5.85. The van der Waals surface area contributed by atoms with Crippen molar-refractivity contribution in [2.45, 2.75) is 20.5 Å². The topological polar surface area (TPSA) is 49.2 Å². The molecule has 1 aromatic rings. The van der Waals surface area contributed by atoms with Crippen molar-refractivity contribution >= 4 is 17.4 Å². The Hall–Kier alpha value is -0.870. The molecule has 1 heterocycles. The molecule has 0 saturated carbocycles. The van der Waals surface area contributed by atoms with Gasteiger partial charge in [0.15, 0.2) is 0 Å². The molecule has 0 atom stereocenters. The van der Waals surface area contributed by atoms with Crippen molar-refractivity contribution in [3.8, 4) is 0 Å². The van der Waals surface area contributed by atoms with E-state index in [1.165, 1.54) is 6.33 Å². The highest BCUT2D eigenvalue weighted by Crippen LogP contribution is 2.22. The first-order valence-electron chi connectivity index (χ1n) is 4.59. The van der Waals surface area contributed by atoms with E-state index < -0.39 is 0 Å². The van der Waals surface area contributed by atoms with E-state index in [2.05, 4.69) is 9.97 Å². The molecule has 0 spiro atoms. The van der Waals surface area contributed by atoms with Crippen molar-refractivity contribution < 1.29 is 5.11 Å². The predicted molar refractivity (Wildman–Crippen MR) is 56.5 cm³/mol. The molecule has 0 saturated heterocycles. The minimum atomic E-state index is -0.133. The number of anilines is 1. The van der Waals surface area contributed by atoms with Crippen LogP contribution in [-0.2, 0) is 6.61 Å². The molecule has 0 unspecified atom stereocenters. The van der Waals surface area contributed by atoms with Crippen LogP contribution in [0.1, 0.15) is 19.4 Å². The molecule has 0 aliphatic heterocycles. The normalized spacial score (nSPS) is 10.3. The molecule has 14 heavy (non-hydrogen) atoms. The number of aliphatic hydroxyl groups is 1. The highest BCUT2D eigenvalue weighted by atomic mass is 35.5. The Kier molecular flexibility index (Phi) is 4.10. The third-order valence-corrected chi connectivity index (χ3v) is 2.42. The van der Waals surface area contributed by atoms with Crippen molar-refractivity contribution in [1.82, 2.24) is 9.97 Å². The van der Waals surface area contributed by atoms with Crippen LogP contribution in [0.4, 0.5) is 5.82 Å². The summed E-state index contributed by atoms with van der Waals surface area (Å²) in [5.41, 5.74) is 0.595. The Morgan fingerprint density at radius 2 is 2.00 bits per heavy atom. The Labute approximate surface area is 88.6 Å². The van der Waals surface area contributed by atoms with Gasteiger partial charge in [-0.05, 0) is 13.8 Å². The molecule has 1 aromatic heterocycles. The summed E-state index contributed by atoms with van der Waals surface area (Å²) in [7, 11) is 0. The number of halogens is 1. The predicted octanol–water partition coefficient (Wildman–Crippen LogP) is 1.47. The largest absolute Gasteiger partial charge is 0.391 e. The first-order valence-corrected chi connectivity index (χ1v) is 4.97. The second kappa shape index (κ2) is 5.12. The van der Waals surface area contributed by atoms with E-state index in [4.69, 9.17) is 16.7 Å². The molecule has 0 bridgehead atoms. The number of hydrogen-bond donors (Lipinski definition) is 1. The first kappa shape index (κ1) is 11.2. The highest BCUT2D eigenvalue weighted by molar-refractivity contribution is 6.30. The van der Waals surface area contributed by atoms with Crippen molar-refractivity contribution in [1.29, 1.82) is 0 Å². The molecular weight excluding hydrogens is 202 g/mol. The molecule has 1 rings (SSSR count). The maximum absolute atomic E-state index is 9.15. The van der Waals surface area contributed by atoms with E-state index >= 15 is 0 Å². The van der Waals surface area contributed by atoms with Gasteiger partial charge < -0.3 is 10.0 Å². The monoisotopic (exact) mass is 215 g/mol. The van der Waals surface area contributed by atoms with Gasteiger partial charge in [0.2, 0.25) is 0 Å². The molecule has 0 fully saturated rings. The van der Waals surface area contributed by atoms with Crippen LogP contribution in [0.3, 0.4) is 0 Å². The van der Waals surface area contributed by atoms with Crippen LogP contribution >= 0.6 is 11.6 Å². The smallest absolute Gasteiger partial charge is 0.140 e. The van der Waals surface area contributed by atoms with Gasteiger partial charge in [-0.2, -0.15) is 0 Å². The van der Waals surface area contributed by atoms with Gasteiger partial charge in [-0.25, -0.2) is 9.97 Å². The van der Waals surface area contributed by atoms with E-state index in [1.54, 1.807) is 0 Å². The molecule has 5 heteroatoms. The maximum Gasteiger partial charge on any atom is 0.140 e. The Morgan fingerprint density at radius 1 is 1.36 bits per heavy atom. The van der Waals surface area contributed by atoms with E-state index in [9.17, 15) is 0 Å². The van der Waals surface area contributed by atoms with Gasteiger partial charge in [-0.1, -0.05) is 11.6 Å². The number of aromatic nitrogens is 2. The molecule has 1 N–H and O–H groups in total. The lowest BCUT2D eigenvalue weighted by Gasteiger charge is -2.21. The summed E-state index contributed by atoms with van der Waals surface area (Å²) in [6, 6.07) is 0. The fourth-order valence-electron chi connectivity index (χ4n) is 1.31. The summed E-state index contributed by atoms with van der Waals surface area (Å²) < 4.78 is 0. The van der Waals surface area contributed by atoms with Crippen LogP contribution in [0.5, 0.6) is 0 Å². The van der Waals surface area contributed by atoms with E-state index in [1.807, 2.05) is 18.7 Å². The summed E-state index contributed by atoms with van der Waals surface area (Å²) in [6.07, 6.45) is 1.41.